The minimum atomic E-state index is -0.451. The Morgan fingerprint density at radius 3 is 1.93 bits per heavy atom. The summed E-state index contributed by atoms with van der Waals surface area (Å²) in [6.07, 6.45) is 21.1. The molecule has 1 aromatic heterocycles. The topological polar surface area (TPSA) is 59.6 Å². The van der Waals surface area contributed by atoms with Gasteiger partial charge in [-0.25, -0.2) is 4.79 Å². The highest BCUT2D eigenvalue weighted by molar-refractivity contribution is 7.18. The summed E-state index contributed by atoms with van der Waals surface area (Å²) >= 11 is 8.75. The Labute approximate surface area is 411 Å². The van der Waals surface area contributed by atoms with E-state index in [1.165, 1.54) is 49.9 Å². The molecule has 3 aliphatic carbocycles. The molecule has 9 rings (SSSR count). The lowest BCUT2D eigenvalue weighted by Crippen LogP contribution is -2.32. The molecule has 2 fully saturated rings. The Balaban J connectivity index is 1.26. The Hall–Kier alpha value is -6.72. The van der Waals surface area contributed by atoms with Crippen molar-refractivity contribution in [3.05, 3.63) is 203 Å². The van der Waals surface area contributed by atoms with Crippen LogP contribution in [0.15, 0.2) is 182 Å². The molecule has 2 saturated carbocycles. The predicted molar refractivity (Wildman–Crippen MR) is 283 cm³/mol. The monoisotopic (exact) mass is 933 g/mol. The molecule has 342 valence electrons. The van der Waals surface area contributed by atoms with Gasteiger partial charge in [0.25, 0.3) is 0 Å². The summed E-state index contributed by atoms with van der Waals surface area (Å²) in [5.74, 6) is -0.451. The molecule has 5 aromatic carbocycles. The van der Waals surface area contributed by atoms with Gasteiger partial charge < -0.3 is 14.5 Å². The second-order valence-electron chi connectivity index (χ2n) is 17.9. The number of benzene rings is 5. The first-order chi connectivity index (χ1) is 33.4. The van der Waals surface area contributed by atoms with Gasteiger partial charge in [-0.15, -0.1) is 11.3 Å². The number of thiophene rings is 1. The van der Waals surface area contributed by atoms with Gasteiger partial charge in [-0.2, -0.15) is 9.84 Å². The van der Waals surface area contributed by atoms with E-state index in [9.17, 15) is 10.1 Å². The molecule has 3 aliphatic rings. The van der Waals surface area contributed by atoms with Crippen LogP contribution in [0.25, 0.3) is 16.7 Å². The van der Waals surface area contributed by atoms with Crippen molar-refractivity contribution in [2.45, 2.75) is 83.2 Å². The highest BCUT2D eigenvalue weighted by Crippen LogP contribution is 2.51. The third-order valence-corrected chi connectivity index (χ3v) is 15.0. The lowest BCUT2D eigenvalue weighted by molar-refractivity contribution is -0.488. The Bertz CT molecular complexity index is 2880. The van der Waals surface area contributed by atoms with Gasteiger partial charge >= 0.3 is 5.97 Å². The SMILES string of the molecule is C=C(C)C(=O)OCCN(c1ccccc1)c1sc(C(=C2C=CC(=[N+](c3ccccc3)C3CCCCC3)C=C2)c2ccc(N(c3ccccc3)C3CCCCC3)cc2)c(-c2ccccc2Cl)c1C#N. The molecular formula is C60H58ClN4O2S+. The lowest BCUT2D eigenvalue weighted by atomic mass is 9.89. The van der Waals surface area contributed by atoms with Gasteiger partial charge in [0.05, 0.1) is 12.1 Å². The van der Waals surface area contributed by atoms with Crippen molar-refractivity contribution in [1.29, 1.82) is 5.26 Å². The van der Waals surface area contributed by atoms with Crippen molar-refractivity contribution in [2.24, 2.45) is 0 Å². The van der Waals surface area contributed by atoms with Crippen LogP contribution in [-0.4, -0.2) is 41.5 Å². The van der Waals surface area contributed by atoms with E-state index in [1.807, 2.05) is 54.6 Å². The van der Waals surface area contributed by atoms with E-state index in [4.69, 9.17) is 16.3 Å². The fourth-order valence-electron chi connectivity index (χ4n) is 10.1. The maximum atomic E-state index is 12.7. The summed E-state index contributed by atoms with van der Waals surface area (Å²) in [6.45, 7) is 5.84. The first-order valence-corrected chi connectivity index (χ1v) is 25.3. The Morgan fingerprint density at radius 2 is 1.31 bits per heavy atom. The quantitative estimate of drug-likeness (QED) is 0.0619. The molecule has 0 amide bonds. The van der Waals surface area contributed by atoms with E-state index in [1.54, 1.807) is 18.3 Å². The van der Waals surface area contributed by atoms with Crippen molar-refractivity contribution in [1.82, 2.24) is 0 Å². The number of nitriles is 1. The minimum absolute atomic E-state index is 0.0947. The standard InChI is InChI=1S/C60H58ClN4O2S/c1-43(2)60(66)67-41-40-63(46-20-8-3-9-21-46)59-54(42-62)57(53-30-18-19-31-55(53)61)58(68-59)56(44-32-36-51(37-33-44)64(47-22-10-4-11-23-47)48-24-12-5-13-25-48)45-34-38-52(39-35-45)65(49-26-14-6-15-27-49)50-28-16-7-17-29-50/h3-4,6,8-11,14-15,18-23,26-27,30-39,48,50H,1,5,7,12-13,16-17,24-25,28-29,40-41H2,2H3/q+1. The number of anilines is 4. The zero-order chi connectivity index (χ0) is 46.8. The molecule has 8 heteroatoms. The lowest BCUT2D eigenvalue weighted by Gasteiger charge is -2.36. The molecule has 0 saturated heterocycles. The van der Waals surface area contributed by atoms with Crippen LogP contribution in [-0.2, 0) is 9.53 Å². The van der Waals surface area contributed by atoms with Gasteiger partial charge in [-0.3, -0.25) is 0 Å². The number of carbonyl (C=O) groups is 1. The second-order valence-corrected chi connectivity index (χ2v) is 19.4. The molecule has 1 heterocycles. The van der Waals surface area contributed by atoms with Gasteiger partial charge in [0.15, 0.2) is 6.04 Å². The average molecular weight is 935 g/mol. The third-order valence-electron chi connectivity index (χ3n) is 13.4. The van der Waals surface area contributed by atoms with E-state index < -0.39 is 5.97 Å². The van der Waals surface area contributed by atoms with Crippen LogP contribution < -0.4 is 9.80 Å². The van der Waals surface area contributed by atoms with Gasteiger partial charge in [0, 0.05) is 92.4 Å². The van der Waals surface area contributed by atoms with Crippen LogP contribution in [0.3, 0.4) is 0 Å². The first kappa shape index (κ1) is 46.4. The van der Waals surface area contributed by atoms with Crippen molar-refractivity contribution < 1.29 is 14.1 Å². The van der Waals surface area contributed by atoms with Crippen molar-refractivity contribution in [3.63, 3.8) is 0 Å². The molecular weight excluding hydrogens is 876 g/mol. The van der Waals surface area contributed by atoms with Gasteiger partial charge in [-0.05, 0) is 98.4 Å². The van der Waals surface area contributed by atoms with E-state index in [2.05, 4.69) is 136 Å². The molecule has 68 heavy (non-hydrogen) atoms. The number of esters is 1. The van der Waals surface area contributed by atoms with Crippen LogP contribution in [0, 0.1) is 11.3 Å². The summed E-state index contributed by atoms with van der Waals surface area (Å²) in [4.78, 5) is 18.2. The van der Waals surface area contributed by atoms with Crippen LogP contribution in [0.2, 0.25) is 5.02 Å². The van der Waals surface area contributed by atoms with E-state index >= 15 is 0 Å². The zero-order valence-corrected chi connectivity index (χ0v) is 40.4. The first-order valence-electron chi connectivity index (χ1n) is 24.1. The van der Waals surface area contributed by atoms with Crippen molar-refractivity contribution >= 4 is 67.9 Å². The maximum absolute atomic E-state index is 12.7. The van der Waals surface area contributed by atoms with Crippen LogP contribution in [0.5, 0.6) is 0 Å². The number of para-hydroxylation sites is 3. The van der Waals surface area contributed by atoms with Crippen LogP contribution in [0.1, 0.15) is 87.1 Å². The molecule has 0 spiro atoms. The number of halogens is 1. The van der Waals surface area contributed by atoms with Gasteiger partial charge in [0.1, 0.15) is 17.7 Å². The van der Waals surface area contributed by atoms with Crippen LogP contribution in [0.4, 0.5) is 27.8 Å². The number of carbonyl (C=O) groups excluding carboxylic acids is 1. The molecule has 0 atom stereocenters. The number of rotatable bonds is 14. The number of hydrogen-bond donors (Lipinski definition) is 0. The van der Waals surface area contributed by atoms with Gasteiger partial charge in [0.2, 0.25) is 11.4 Å². The maximum Gasteiger partial charge on any atom is 0.333 e. The molecule has 6 nitrogen and oxygen atoms in total. The number of ether oxygens (including phenoxy) is 1. The zero-order valence-electron chi connectivity index (χ0n) is 38.8. The highest BCUT2D eigenvalue weighted by atomic mass is 35.5. The summed E-state index contributed by atoms with van der Waals surface area (Å²) in [7, 11) is 0. The molecule has 0 bridgehead atoms. The van der Waals surface area contributed by atoms with Gasteiger partial charge in [-0.1, -0.05) is 129 Å². The van der Waals surface area contributed by atoms with E-state index in [0.29, 0.717) is 34.8 Å². The Morgan fingerprint density at radius 1 is 0.735 bits per heavy atom. The predicted octanol–water partition coefficient (Wildman–Crippen LogP) is 15.7. The fraction of sp³-hybridized carbons (Fsp3) is 0.250. The summed E-state index contributed by atoms with van der Waals surface area (Å²) < 4.78 is 8.23. The molecule has 0 unspecified atom stereocenters. The summed E-state index contributed by atoms with van der Waals surface area (Å²) in [5, 5.41) is 12.7. The largest absolute Gasteiger partial charge is 0.460 e. The Kier molecular flexibility index (Phi) is 15.0. The fourth-order valence-corrected chi connectivity index (χ4v) is 11.8. The van der Waals surface area contributed by atoms with E-state index in [0.717, 1.165) is 80.5 Å². The highest BCUT2D eigenvalue weighted by Gasteiger charge is 2.32. The summed E-state index contributed by atoms with van der Waals surface area (Å²) in [5.41, 5.74) is 11.0. The number of allylic oxidation sites excluding steroid dienone is 5. The molecule has 0 N–H and O–H groups in total. The van der Waals surface area contributed by atoms with Crippen LogP contribution >= 0.6 is 22.9 Å². The second kappa shape index (κ2) is 21.9. The molecule has 0 aliphatic heterocycles. The average Bonchev–Trinajstić information content (AvgIpc) is 3.76. The third kappa shape index (κ3) is 10.2. The number of hydrogen-bond acceptors (Lipinski definition) is 6. The van der Waals surface area contributed by atoms with Crippen molar-refractivity contribution in [3.8, 4) is 17.2 Å². The smallest absolute Gasteiger partial charge is 0.333 e. The normalized spacial score (nSPS) is 15.1. The molecule has 0 radical (unpaired) electrons. The molecule has 6 aromatic rings. The van der Waals surface area contributed by atoms with E-state index in [-0.39, 0.29) is 6.61 Å². The van der Waals surface area contributed by atoms with Crippen molar-refractivity contribution in [2.75, 3.05) is 23.0 Å². The summed E-state index contributed by atoms with van der Waals surface area (Å²) in [6, 6.07) is 51.9. The minimum Gasteiger partial charge on any atom is -0.460 e. The number of nitrogens with zero attached hydrogens (tertiary/aromatic N) is 4.